The molecular weight excluding hydrogens is 798 g/mol. The number of non-ortho nitro benzene ring substituents is 1. The second-order valence-corrected chi connectivity index (χ2v) is 14.9. The third-order valence-corrected chi connectivity index (χ3v) is 10.3. The van der Waals surface area contributed by atoms with Crippen molar-refractivity contribution in [3.63, 3.8) is 0 Å². The summed E-state index contributed by atoms with van der Waals surface area (Å²) in [4.78, 5) is 95.0. The monoisotopic (exact) mass is 855 g/mol. The Bertz CT molecular complexity index is 1480. The van der Waals surface area contributed by atoms with Gasteiger partial charge in [0.15, 0.2) is 0 Å². The normalized spacial score (nSPS) is 19.3. The first-order valence-electron chi connectivity index (χ1n) is 19.5. The van der Waals surface area contributed by atoms with Crippen molar-refractivity contribution in [1.82, 2.24) is 39.2 Å². The van der Waals surface area contributed by atoms with Crippen molar-refractivity contribution in [3.05, 3.63) is 33.4 Å². The van der Waals surface area contributed by atoms with E-state index in [1.807, 2.05) is 9.80 Å². The first-order chi connectivity index (χ1) is 28.4. The molecule has 0 aliphatic carbocycles. The van der Waals surface area contributed by atoms with Crippen molar-refractivity contribution in [3.8, 4) is 5.75 Å². The average molecular weight is 856 g/mol. The largest absolute Gasteiger partial charge is 0.507 e. The number of aliphatic carboxylic acids is 6. The number of aromatic hydroxyl groups is 1. The van der Waals surface area contributed by atoms with Crippen LogP contribution in [0.1, 0.15) is 11.1 Å². The lowest BCUT2D eigenvalue weighted by molar-refractivity contribution is -0.385. The molecule has 0 atom stereocenters. The van der Waals surface area contributed by atoms with Crippen LogP contribution in [0.4, 0.5) is 5.69 Å². The van der Waals surface area contributed by atoms with E-state index in [0.717, 1.165) is 0 Å². The van der Waals surface area contributed by atoms with E-state index in [1.54, 1.807) is 29.4 Å². The first kappa shape index (κ1) is 49.3. The number of nitro groups is 1. The molecule has 24 nitrogen and oxygen atoms in total. The highest BCUT2D eigenvalue weighted by molar-refractivity contribution is 5.71. The third-order valence-electron chi connectivity index (χ3n) is 10.3. The summed E-state index contributed by atoms with van der Waals surface area (Å²) < 4.78 is 0. The molecule has 0 bridgehead atoms. The topological polar surface area (TPSA) is 313 Å². The number of benzene rings is 1. The van der Waals surface area contributed by atoms with Crippen LogP contribution in [0.15, 0.2) is 12.1 Å². The number of hydrogen-bond donors (Lipinski definition) is 7. The standard InChI is InChI=1S/C36H57N9O15/c46-30(47)21-39-5-1-37(2-6-40(22-31(48)49)10-14-43(13-9-39)25-34(54)55)19-27-17-29(45(59)60)18-28(36(27)58)20-38-3-7-41(23-32(50)51)11-15-44(26-35(56)57)16-12-42(8-4-38)24-33(52)53/h17-18,58H,1-16,19-26H2,(H,46,47)(H,48,49)(H,50,51)(H,52,53)(H,54,55)(H,56,57). The quantitative estimate of drug-likeness (QED) is 0.0617. The van der Waals surface area contributed by atoms with Crippen LogP contribution in [0.3, 0.4) is 0 Å². The fourth-order valence-corrected chi connectivity index (χ4v) is 7.14. The van der Waals surface area contributed by atoms with Gasteiger partial charge in [-0.2, -0.15) is 0 Å². The number of carboxylic acid groups (broad SMARTS) is 6. The summed E-state index contributed by atoms with van der Waals surface area (Å²) in [6.07, 6.45) is 0. The summed E-state index contributed by atoms with van der Waals surface area (Å²) in [7, 11) is 0. The molecule has 0 spiro atoms. The molecule has 2 fully saturated rings. The van der Waals surface area contributed by atoms with Gasteiger partial charge in [0.2, 0.25) is 0 Å². The highest BCUT2D eigenvalue weighted by Gasteiger charge is 2.25. The van der Waals surface area contributed by atoms with Gasteiger partial charge in [-0.05, 0) is 0 Å². The number of hydrogen-bond acceptors (Lipinski definition) is 17. The van der Waals surface area contributed by atoms with E-state index in [2.05, 4.69) is 0 Å². The van der Waals surface area contributed by atoms with E-state index in [-0.39, 0.29) is 180 Å². The summed E-state index contributed by atoms with van der Waals surface area (Å²) in [5.41, 5.74) is 0.00123. The van der Waals surface area contributed by atoms with E-state index < -0.39 is 40.7 Å². The Morgan fingerprint density at radius 3 is 0.767 bits per heavy atom. The van der Waals surface area contributed by atoms with Gasteiger partial charge in [0.1, 0.15) is 5.75 Å². The zero-order valence-electron chi connectivity index (χ0n) is 33.5. The van der Waals surface area contributed by atoms with Gasteiger partial charge in [0.05, 0.1) is 44.2 Å². The summed E-state index contributed by atoms with van der Waals surface area (Å²) >= 11 is 0. The smallest absolute Gasteiger partial charge is 0.317 e. The van der Waals surface area contributed by atoms with Gasteiger partial charge in [-0.1, -0.05) is 0 Å². The van der Waals surface area contributed by atoms with Crippen LogP contribution in [0.25, 0.3) is 0 Å². The molecule has 2 saturated heterocycles. The Labute approximate surface area is 346 Å². The molecule has 0 aromatic heterocycles. The lowest BCUT2D eigenvalue weighted by atomic mass is 10.1. The summed E-state index contributed by atoms with van der Waals surface area (Å²) in [6.45, 7) is 0.816. The van der Waals surface area contributed by atoms with Crippen LogP contribution in [0, 0.1) is 10.1 Å². The molecule has 7 N–H and O–H groups in total. The Morgan fingerprint density at radius 2 is 0.600 bits per heavy atom. The molecule has 2 aliphatic rings. The van der Waals surface area contributed by atoms with Crippen LogP contribution in [-0.2, 0) is 41.9 Å². The summed E-state index contributed by atoms with van der Waals surface area (Å²) in [5.74, 6) is -6.86. The molecule has 0 unspecified atom stereocenters. The highest BCUT2D eigenvalue weighted by atomic mass is 16.6. The number of phenols is 1. The Balaban J connectivity index is 1.95. The molecule has 0 amide bonds. The third kappa shape index (κ3) is 18.9. The molecule has 336 valence electrons. The van der Waals surface area contributed by atoms with E-state index in [9.17, 15) is 74.6 Å². The van der Waals surface area contributed by atoms with Crippen molar-refractivity contribution in [1.29, 1.82) is 0 Å². The maximum atomic E-state index is 12.2. The number of carboxylic acids is 6. The highest BCUT2D eigenvalue weighted by Crippen LogP contribution is 2.31. The van der Waals surface area contributed by atoms with Crippen LogP contribution >= 0.6 is 0 Å². The van der Waals surface area contributed by atoms with Crippen molar-refractivity contribution >= 4 is 41.5 Å². The van der Waals surface area contributed by atoms with E-state index in [4.69, 9.17) is 0 Å². The molecule has 2 aliphatic heterocycles. The lowest BCUT2D eigenvalue weighted by Gasteiger charge is -2.33. The maximum absolute atomic E-state index is 12.2. The second-order valence-electron chi connectivity index (χ2n) is 14.9. The molecule has 1 aromatic carbocycles. The predicted octanol–water partition coefficient (Wildman–Crippen LogP) is -2.75. The van der Waals surface area contributed by atoms with Crippen molar-refractivity contribution in [2.45, 2.75) is 13.1 Å². The molecule has 2 heterocycles. The Kier molecular flexibility index (Phi) is 20.4. The number of rotatable bonds is 17. The molecule has 0 saturated carbocycles. The zero-order chi connectivity index (χ0) is 44.4. The zero-order valence-corrected chi connectivity index (χ0v) is 33.5. The van der Waals surface area contributed by atoms with Crippen LogP contribution in [0.5, 0.6) is 5.75 Å². The van der Waals surface area contributed by atoms with Crippen LogP contribution in [-0.4, -0.2) is 260 Å². The minimum Gasteiger partial charge on any atom is -0.507 e. The van der Waals surface area contributed by atoms with Gasteiger partial charge in [0, 0.05) is 141 Å². The van der Waals surface area contributed by atoms with E-state index in [0.29, 0.717) is 0 Å². The van der Waals surface area contributed by atoms with Crippen molar-refractivity contribution in [2.24, 2.45) is 0 Å². The Hall–Kier alpha value is -5.08. The number of nitrogens with zero attached hydrogens (tertiary/aromatic N) is 9. The van der Waals surface area contributed by atoms with Crippen LogP contribution in [0.2, 0.25) is 0 Å². The molecular formula is C36H57N9O15. The summed E-state index contributed by atoms with van der Waals surface area (Å²) in [6, 6.07) is 2.45. The summed E-state index contributed by atoms with van der Waals surface area (Å²) in [5, 5.41) is 81.2. The van der Waals surface area contributed by atoms with Crippen LogP contribution < -0.4 is 0 Å². The van der Waals surface area contributed by atoms with Gasteiger partial charge >= 0.3 is 35.8 Å². The molecule has 3 rings (SSSR count). The van der Waals surface area contributed by atoms with Gasteiger partial charge in [0.25, 0.3) is 5.69 Å². The minimum atomic E-state index is -1.11. The molecule has 24 heteroatoms. The van der Waals surface area contributed by atoms with E-state index in [1.165, 1.54) is 12.1 Å². The fourth-order valence-electron chi connectivity index (χ4n) is 7.14. The molecule has 1 aromatic rings. The minimum absolute atomic E-state index is 0.0565. The van der Waals surface area contributed by atoms with E-state index >= 15 is 0 Å². The lowest BCUT2D eigenvalue weighted by Crippen LogP contribution is -2.48. The second kappa shape index (κ2) is 24.9. The first-order valence-corrected chi connectivity index (χ1v) is 19.5. The molecule has 60 heavy (non-hydrogen) atoms. The maximum Gasteiger partial charge on any atom is 0.317 e. The predicted molar refractivity (Wildman–Crippen MR) is 210 cm³/mol. The Morgan fingerprint density at radius 1 is 0.417 bits per heavy atom. The number of phenolic OH excluding ortho intramolecular Hbond substituents is 1. The molecule has 0 radical (unpaired) electrons. The van der Waals surface area contributed by atoms with Gasteiger partial charge < -0.3 is 35.7 Å². The SMILES string of the molecule is O=C(O)CN1CCN(CC(=O)O)CCN(Cc2cc([N+](=O)[O-])cc(CN3CCN(CC(=O)O)CCN(CC(=O)O)CCN(CC(=O)O)CC3)c2O)CCN(CC(=O)O)CC1. The van der Waals surface area contributed by atoms with Gasteiger partial charge in [-0.25, -0.2) is 0 Å². The number of carbonyl (C=O) groups is 6. The van der Waals surface area contributed by atoms with Crippen molar-refractivity contribution in [2.75, 3.05) is 144 Å². The van der Waals surface area contributed by atoms with Gasteiger partial charge in [-0.15, -0.1) is 0 Å². The van der Waals surface area contributed by atoms with Crippen molar-refractivity contribution < 1.29 is 69.4 Å². The number of nitro benzene ring substituents is 1. The fraction of sp³-hybridized carbons (Fsp3) is 0.667. The average Bonchev–Trinajstić information content (AvgIpc) is 3.13. The van der Waals surface area contributed by atoms with Gasteiger partial charge in [-0.3, -0.25) is 78.1 Å².